The summed E-state index contributed by atoms with van der Waals surface area (Å²) in [6.45, 7) is 2.86. The largest absolute Gasteiger partial charge is 0.369 e. The zero-order valence-electron chi connectivity index (χ0n) is 13.9. The van der Waals surface area contributed by atoms with Gasteiger partial charge >= 0.3 is 0 Å². The van der Waals surface area contributed by atoms with Gasteiger partial charge in [-0.3, -0.25) is 9.69 Å². The molecule has 0 saturated heterocycles. The normalized spacial score (nSPS) is 22.2. The van der Waals surface area contributed by atoms with Crippen LogP contribution in [0.1, 0.15) is 31.2 Å². The lowest BCUT2D eigenvalue weighted by molar-refractivity contribution is -0.125. The molecule has 0 aliphatic heterocycles. The van der Waals surface area contributed by atoms with E-state index in [0.29, 0.717) is 0 Å². The second-order valence-electron chi connectivity index (χ2n) is 6.62. The van der Waals surface area contributed by atoms with Crippen LogP contribution in [0.2, 0.25) is 0 Å². The Hall–Kier alpha value is -1.39. The summed E-state index contributed by atoms with van der Waals surface area (Å²) in [6, 6.07) is 10.8. The van der Waals surface area contributed by atoms with Crippen molar-refractivity contribution >= 4 is 5.91 Å². The Labute approximate surface area is 134 Å². The number of carbonyl (C=O) groups is 1. The van der Waals surface area contributed by atoms with Gasteiger partial charge in [0, 0.05) is 25.7 Å². The molecule has 1 aliphatic rings. The maximum Gasteiger partial charge on any atom is 0.222 e. The smallest absolute Gasteiger partial charge is 0.222 e. The average Bonchev–Trinajstić information content (AvgIpc) is 2.52. The highest BCUT2D eigenvalue weighted by Gasteiger charge is 2.33. The van der Waals surface area contributed by atoms with Crippen molar-refractivity contribution in [3.8, 4) is 0 Å². The SMILES string of the molecule is CN(C)CCN(Cc1ccccc1)[C@H]1CCCC[C@H]1C(N)=O. The fraction of sp³-hybridized carbons (Fsp3) is 0.611. The topological polar surface area (TPSA) is 49.6 Å². The zero-order chi connectivity index (χ0) is 15.9. The van der Waals surface area contributed by atoms with Crippen LogP contribution in [0.3, 0.4) is 0 Å². The zero-order valence-corrected chi connectivity index (χ0v) is 13.9. The highest BCUT2D eigenvalue weighted by Crippen LogP contribution is 2.29. The molecule has 1 aromatic carbocycles. The lowest BCUT2D eigenvalue weighted by atomic mass is 9.82. The fourth-order valence-corrected chi connectivity index (χ4v) is 3.39. The number of carbonyl (C=O) groups excluding carboxylic acids is 1. The van der Waals surface area contributed by atoms with E-state index >= 15 is 0 Å². The molecule has 1 amide bonds. The van der Waals surface area contributed by atoms with E-state index in [9.17, 15) is 4.79 Å². The third-order valence-electron chi connectivity index (χ3n) is 4.63. The highest BCUT2D eigenvalue weighted by atomic mass is 16.1. The van der Waals surface area contributed by atoms with Gasteiger partial charge in [0.15, 0.2) is 0 Å². The molecule has 1 aromatic rings. The molecule has 4 heteroatoms. The maximum atomic E-state index is 11.8. The van der Waals surface area contributed by atoms with Crippen molar-refractivity contribution in [1.82, 2.24) is 9.80 Å². The first-order valence-corrected chi connectivity index (χ1v) is 8.30. The quantitative estimate of drug-likeness (QED) is 0.839. The monoisotopic (exact) mass is 303 g/mol. The molecule has 4 nitrogen and oxygen atoms in total. The van der Waals surface area contributed by atoms with E-state index in [0.717, 1.165) is 38.9 Å². The van der Waals surface area contributed by atoms with Crippen LogP contribution in [-0.2, 0) is 11.3 Å². The first-order chi connectivity index (χ1) is 10.6. The second kappa shape index (κ2) is 8.30. The lowest BCUT2D eigenvalue weighted by Crippen LogP contribution is -2.48. The Morgan fingerprint density at radius 1 is 1.14 bits per heavy atom. The van der Waals surface area contributed by atoms with E-state index in [4.69, 9.17) is 5.73 Å². The van der Waals surface area contributed by atoms with Crippen LogP contribution in [0, 0.1) is 5.92 Å². The summed E-state index contributed by atoms with van der Waals surface area (Å²) in [4.78, 5) is 16.5. The predicted octanol–water partition coefficient (Wildman–Crippen LogP) is 2.09. The molecule has 1 saturated carbocycles. The van der Waals surface area contributed by atoms with Crippen molar-refractivity contribution < 1.29 is 4.79 Å². The number of likely N-dealkylation sites (N-methyl/N-ethyl adjacent to an activating group) is 1. The van der Waals surface area contributed by atoms with E-state index < -0.39 is 0 Å². The number of hydrogen-bond acceptors (Lipinski definition) is 3. The molecule has 1 aliphatic carbocycles. The number of nitrogens with two attached hydrogens (primary N) is 1. The first-order valence-electron chi connectivity index (χ1n) is 8.30. The number of amides is 1. The van der Waals surface area contributed by atoms with Crippen LogP contribution in [-0.4, -0.2) is 48.9 Å². The second-order valence-corrected chi connectivity index (χ2v) is 6.62. The average molecular weight is 303 g/mol. The molecule has 0 radical (unpaired) electrons. The van der Waals surface area contributed by atoms with Gasteiger partial charge in [-0.15, -0.1) is 0 Å². The van der Waals surface area contributed by atoms with Crippen molar-refractivity contribution in [3.05, 3.63) is 35.9 Å². The molecule has 0 bridgehead atoms. The fourth-order valence-electron chi connectivity index (χ4n) is 3.39. The van der Waals surface area contributed by atoms with E-state index in [2.05, 4.69) is 48.2 Å². The van der Waals surface area contributed by atoms with Gasteiger partial charge in [-0.25, -0.2) is 0 Å². The highest BCUT2D eigenvalue weighted by molar-refractivity contribution is 5.77. The minimum atomic E-state index is -0.132. The van der Waals surface area contributed by atoms with E-state index in [1.165, 1.54) is 12.0 Å². The minimum absolute atomic E-state index is 0.000348. The summed E-state index contributed by atoms with van der Waals surface area (Å²) in [7, 11) is 4.18. The molecule has 122 valence electrons. The molecule has 2 rings (SSSR count). The third-order valence-corrected chi connectivity index (χ3v) is 4.63. The number of rotatable bonds is 7. The van der Waals surface area contributed by atoms with Gasteiger partial charge < -0.3 is 10.6 Å². The first kappa shape index (κ1) is 17.0. The van der Waals surface area contributed by atoms with E-state index in [1.54, 1.807) is 0 Å². The van der Waals surface area contributed by atoms with Crippen molar-refractivity contribution in [2.45, 2.75) is 38.3 Å². The summed E-state index contributed by atoms with van der Waals surface area (Å²) in [6.07, 6.45) is 4.33. The summed E-state index contributed by atoms with van der Waals surface area (Å²) in [5.74, 6) is -0.132. The molecule has 1 fully saturated rings. The molecule has 2 N–H and O–H groups in total. The van der Waals surface area contributed by atoms with E-state index in [-0.39, 0.29) is 17.9 Å². The Morgan fingerprint density at radius 3 is 2.45 bits per heavy atom. The maximum absolute atomic E-state index is 11.8. The Kier molecular flexibility index (Phi) is 6.40. The molecule has 0 spiro atoms. The van der Waals surface area contributed by atoms with Crippen LogP contribution >= 0.6 is 0 Å². The minimum Gasteiger partial charge on any atom is -0.369 e. The van der Waals surface area contributed by atoms with Gasteiger partial charge in [-0.05, 0) is 32.5 Å². The summed E-state index contributed by atoms with van der Waals surface area (Å²) < 4.78 is 0. The van der Waals surface area contributed by atoms with Crippen molar-refractivity contribution in [1.29, 1.82) is 0 Å². The standard InChI is InChI=1S/C18H29N3O/c1-20(2)12-13-21(14-15-8-4-3-5-9-15)17-11-7-6-10-16(17)18(19)22/h3-5,8-9,16-17H,6-7,10-14H2,1-2H3,(H2,19,22)/t16-,17+/m1/s1. The molecule has 2 atom stereocenters. The molecule has 0 heterocycles. The Bertz CT molecular complexity index is 461. The molecule has 22 heavy (non-hydrogen) atoms. The predicted molar refractivity (Wildman–Crippen MR) is 90.3 cm³/mol. The molecule has 0 unspecified atom stereocenters. The van der Waals surface area contributed by atoms with Gasteiger partial charge in [0.25, 0.3) is 0 Å². The lowest BCUT2D eigenvalue weighted by Gasteiger charge is -2.39. The summed E-state index contributed by atoms with van der Waals surface area (Å²) in [5.41, 5.74) is 6.97. The number of hydrogen-bond donors (Lipinski definition) is 1. The number of benzene rings is 1. The van der Waals surface area contributed by atoms with Crippen LogP contribution in [0.15, 0.2) is 30.3 Å². The van der Waals surface area contributed by atoms with Crippen LogP contribution in [0.4, 0.5) is 0 Å². The molecular weight excluding hydrogens is 274 g/mol. The number of primary amides is 1. The van der Waals surface area contributed by atoms with Crippen molar-refractivity contribution in [2.75, 3.05) is 27.2 Å². The summed E-state index contributed by atoms with van der Waals surface area (Å²) in [5, 5.41) is 0. The van der Waals surface area contributed by atoms with Crippen molar-refractivity contribution in [3.63, 3.8) is 0 Å². The van der Waals surface area contributed by atoms with Crippen molar-refractivity contribution in [2.24, 2.45) is 11.7 Å². The Morgan fingerprint density at radius 2 is 1.82 bits per heavy atom. The van der Waals surface area contributed by atoms with Gasteiger partial charge in [-0.1, -0.05) is 43.2 Å². The van der Waals surface area contributed by atoms with Gasteiger partial charge in [0.1, 0.15) is 0 Å². The number of nitrogens with zero attached hydrogens (tertiary/aromatic N) is 2. The van der Waals surface area contributed by atoms with Gasteiger partial charge in [0.05, 0.1) is 5.92 Å². The van der Waals surface area contributed by atoms with Crippen LogP contribution in [0.5, 0.6) is 0 Å². The molecular formula is C18H29N3O. The van der Waals surface area contributed by atoms with E-state index in [1.807, 2.05) is 6.07 Å². The Balaban J connectivity index is 2.12. The third kappa shape index (κ3) is 4.82. The molecule has 0 aromatic heterocycles. The van der Waals surface area contributed by atoms with Crippen LogP contribution < -0.4 is 5.73 Å². The van der Waals surface area contributed by atoms with Gasteiger partial charge in [-0.2, -0.15) is 0 Å². The van der Waals surface area contributed by atoms with Gasteiger partial charge in [0.2, 0.25) is 5.91 Å². The van der Waals surface area contributed by atoms with Crippen LogP contribution in [0.25, 0.3) is 0 Å². The summed E-state index contributed by atoms with van der Waals surface area (Å²) >= 11 is 0.